The topological polar surface area (TPSA) is 98.7 Å². The molecular weight excluding hydrogens is 359 g/mol. The third-order valence-corrected chi connectivity index (χ3v) is 5.77. The molecule has 0 amide bonds. The number of sulfonamides is 1. The number of amidine groups is 1. The van der Waals surface area contributed by atoms with Crippen molar-refractivity contribution in [1.82, 2.24) is 9.29 Å². The van der Waals surface area contributed by atoms with Crippen LogP contribution >= 0.6 is 0 Å². The molecule has 0 radical (unpaired) electrons. The van der Waals surface area contributed by atoms with Crippen molar-refractivity contribution in [1.29, 1.82) is 0 Å². The van der Waals surface area contributed by atoms with Crippen molar-refractivity contribution < 1.29 is 17.5 Å². The number of aromatic nitrogens is 1. The van der Waals surface area contributed by atoms with Gasteiger partial charge in [0.1, 0.15) is 16.5 Å². The second kappa shape index (κ2) is 6.49. The van der Waals surface area contributed by atoms with Crippen LogP contribution < -0.4 is 10.5 Å². The van der Waals surface area contributed by atoms with Crippen molar-refractivity contribution in [3.63, 3.8) is 0 Å². The van der Waals surface area contributed by atoms with Crippen LogP contribution in [0.1, 0.15) is 18.2 Å². The van der Waals surface area contributed by atoms with Gasteiger partial charge in [0.25, 0.3) is 0 Å². The summed E-state index contributed by atoms with van der Waals surface area (Å²) in [5, 5.41) is 0. The monoisotopic (exact) mass is 380 g/mol. The highest BCUT2D eigenvalue weighted by molar-refractivity contribution is 7.89. The Hall–Kier alpha value is -2.23. The van der Waals surface area contributed by atoms with E-state index in [4.69, 9.17) is 10.5 Å². The normalized spacial score (nSPS) is 17.2. The van der Waals surface area contributed by atoms with Crippen LogP contribution in [0.2, 0.25) is 0 Å². The molecule has 0 spiro atoms. The number of halogens is 1. The Kier molecular flexibility index (Phi) is 4.63. The SMILES string of the molecule is Cc1cc(N=C(N)c2cc(S(=O)(=O)NC3(C)COC3)cn2C)ccc1F. The minimum Gasteiger partial charge on any atom is -0.382 e. The highest BCUT2D eigenvalue weighted by Crippen LogP contribution is 2.22. The molecule has 1 fully saturated rings. The molecule has 3 rings (SSSR count). The Morgan fingerprint density at radius 1 is 1.38 bits per heavy atom. The molecule has 9 heteroatoms. The van der Waals surface area contributed by atoms with Crippen LogP contribution in [0.3, 0.4) is 0 Å². The van der Waals surface area contributed by atoms with Gasteiger partial charge in [-0.05, 0) is 43.7 Å². The first kappa shape index (κ1) is 18.6. The molecule has 0 bridgehead atoms. The van der Waals surface area contributed by atoms with Crippen LogP contribution in [-0.4, -0.2) is 37.6 Å². The van der Waals surface area contributed by atoms with Crippen molar-refractivity contribution >= 4 is 21.5 Å². The van der Waals surface area contributed by atoms with E-state index in [1.165, 1.54) is 24.4 Å². The zero-order chi connectivity index (χ0) is 19.1. The number of hydrogen-bond donors (Lipinski definition) is 2. The van der Waals surface area contributed by atoms with Crippen LogP contribution in [0.4, 0.5) is 10.1 Å². The van der Waals surface area contributed by atoms with Gasteiger partial charge in [0, 0.05) is 13.2 Å². The smallest absolute Gasteiger partial charge is 0.242 e. The van der Waals surface area contributed by atoms with Crippen molar-refractivity contribution in [2.24, 2.45) is 17.8 Å². The maximum atomic E-state index is 13.4. The molecule has 2 heterocycles. The summed E-state index contributed by atoms with van der Waals surface area (Å²) in [4.78, 5) is 4.36. The van der Waals surface area contributed by atoms with E-state index in [-0.39, 0.29) is 16.5 Å². The van der Waals surface area contributed by atoms with Gasteiger partial charge in [-0.1, -0.05) is 0 Å². The fourth-order valence-electron chi connectivity index (χ4n) is 2.68. The summed E-state index contributed by atoms with van der Waals surface area (Å²) >= 11 is 0. The predicted octanol–water partition coefficient (Wildman–Crippen LogP) is 1.58. The van der Waals surface area contributed by atoms with Crippen molar-refractivity contribution in [3.05, 3.63) is 47.5 Å². The number of nitrogens with zero attached hydrogens (tertiary/aromatic N) is 2. The highest BCUT2D eigenvalue weighted by Gasteiger charge is 2.38. The van der Waals surface area contributed by atoms with Gasteiger partial charge in [0.15, 0.2) is 0 Å². The number of hydrogen-bond acceptors (Lipinski definition) is 4. The van der Waals surface area contributed by atoms with Gasteiger partial charge >= 0.3 is 0 Å². The van der Waals surface area contributed by atoms with Crippen LogP contribution in [0.25, 0.3) is 0 Å². The number of nitrogens with one attached hydrogen (secondary N) is 1. The summed E-state index contributed by atoms with van der Waals surface area (Å²) in [6.07, 6.45) is 1.47. The first-order valence-electron chi connectivity index (χ1n) is 7.98. The number of nitrogens with two attached hydrogens (primary N) is 1. The molecule has 26 heavy (non-hydrogen) atoms. The molecule has 1 aromatic heterocycles. The van der Waals surface area contributed by atoms with Crippen LogP contribution in [-0.2, 0) is 21.8 Å². The van der Waals surface area contributed by atoms with E-state index in [1.807, 2.05) is 0 Å². The Balaban J connectivity index is 1.89. The lowest BCUT2D eigenvalue weighted by atomic mass is 10.0. The second-order valence-corrected chi connectivity index (χ2v) is 8.44. The third kappa shape index (κ3) is 3.64. The quantitative estimate of drug-likeness (QED) is 0.608. The summed E-state index contributed by atoms with van der Waals surface area (Å²) in [5.41, 5.74) is 6.83. The first-order valence-corrected chi connectivity index (χ1v) is 9.47. The van der Waals surface area contributed by atoms with Gasteiger partial charge in [-0.15, -0.1) is 0 Å². The van der Waals surface area contributed by atoms with Gasteiger partial charge < -0.3 is 15.0 Å². The lowest BCUT2D eigenvalue weighted by molar-refractivity contribution is -0.0523. The molecule has 0 atom stereocenters. The summed E-state index contributed by atoms with van der Waals surface area (Å²) in [7, 11) is -2.03. The Labute approximate surface area is 151 Å². The molecule has 1 saturated heterocycles. The summed E-state index contributed by atoms with van der Waals surface area (Å²) in [5.74, 6) is -0.188. The minimum atomic E-state index is -3.71. The maximum Gasteiger partial charge on any atom is 0.242 e. The minimum absolute atomic E-state index is 0.0940. The average Bonchev–Trinajstić information content (AvgIpc) is 2.92. The number of aryl methyl sites for hydroxylation is 2. The van der Waals surface area contributed by atoms with Gasteiger partial charge in [0.2, 0.25) is 10.0 Å². The molecule has 2 aromatic rings. The van der Waals surface area contributed by atoms with E-state index in [2.05, 4.69) is 9.71 Å². The van der Waals surface area contributed by atoms with E-state index < -0.39 is 15.6 Å². The molecule has 1 aromatic carbocycles. The van der Waals surface area contributed by atoms with E-state index in [1.54, 1.807) is 31.5 Å². The fraction of sp³-hybridized carbons (Fsp3) is 0.353. The molecule has 0 unspecified atom stereocenters. The second-order valence-electron chi connectivity index (χ2n) is 6.76. The van der Waals surface area contributed by atoms with E-state index in [9.17, 15) is 12.8 Å². The van der Waals surface area contributed by atoms with Crippen molar-refractivity contribution in [2.75, 3.05) is 13.2 Å². The number of rotatable bonds is 5. The summed E-state index contributed by atoms with van der Waals surface area (Å²) in [6.45, 7) is 4.08. The Morgan fingerprint density at radius 3 is 2.65 bits per heavy atom. The largest absolute Gasteiger partial charge is 0.382 e. The zero-order valence-corrected chi connectivity index (χ0v) is 15.6. The molecule has 0 aliphatic carbocycles. The maximum absolute atomic E-state index is 13.4. The number of ether oxygens (including phenoxy) is 1. The van der Waals surface area contributed by atoms with Gasteiger partial charge in [0.05, 0.1) is 30.1 Å². The number of benzene rings is 1. The molecule has 1 aliphatic heterocycles. The standard InChI is InChI=1S/C17H21FN4O3S/c1-11-6-12(4-5-14(11)18)20-16(19)15-7-13(8-22(15)3)26(23,24)21-17(2)9-25-10-17/h4-8,21H,9-10H2,1-3H3,(H2,19,20). The van der Waals surface area contributed by atoms with Crippen molar-refractivity contribution in [3.8, 4) is 0 Å². The Morgan fingerprint density at radius 2 is 2.08 bits per heavy atom. The molecule has 140 valence electrons. The average molecular weight is 380 g/mol. The molecular formula is C17H21FN4O3S. The first-order chi connectivity index (χ1) is 12.1. The molecule has 0 saturated carbocycles. The zero-order valence-electron chi connectivity index (χ0n) is 14.8. The van der Waals surface area contributed by atoms with E-state index >= 15 is 0 Å². The third-order valence-electron chi connectivity index (χ3n) is 4.17. The van der Waals surface area contributed by atoms with Gasteiger partial charge in [-0.2, -0.15) is 0 Å². The number of aliphatic imine (C=N–C) groups is 1. The molecule has 3 N–H and O–H groups in total. The van der Waals surface area contributed by atoms with Gasteiger partial charge in [-0.25, -0.2) is 22.5 Å². The Bertz CT molecular complexity index is 978. The molecule has 1 aliphatic rings. The lowest BCUT2D eigenvalue weighted by Gasteiger charge is -2.38. The summed E-state index contributed by atoms with van der Waals surface area (Å²) < 4.78 is 47.8. The predicted molar refractivity (Wildman–Crippen MR) is 96.5 cm³/mol. The fourth-order valence-corrected chi connectivity index (χ4v) is 4.13. The van der Waals surface area contributed by atoms with Crippen LogP contribution in [0.5, 0.6) is 0 Å². The molecule has 7 nitrogen and oxygen atoms in total. The van der Waals surface area contributed by atoms with E-state index in [0.717, 1.165) is 0 Å². The van der Waals surface area contributed by atoms with Gasteiger partial charge in [-0.3, -0.25) is 0 Å². The van der Waals surface area contributed by atoms with Crippen LogP contribution in [0, 0.1) is 12.7 Å². The van der Waals surface area contributed by atoms with Crippen molar-refractivity contribution in [2.45, 2.75) is 24.3 Å². The summed E-state index contributed by atoms with van der Waals surface area (Å²) in [6, 6.07) is 5.85. The van der Waals surface area contributed by atoms with Crippen LogP contribution in [0.15, 0.2) is 40.4 Å². The lowest BCUT2D eigenvalue weighted by Crippen LogP contribution is -2.59. The highest BCUT2D eigenvalue weighted by atomic mass is 32.2. The van der Waals surface area contributed by atoms with E-state index in [0.29, 0.717) is 30.2 Å².